The van der Waals surface area contributed by atoms with Crippen LogP contribution in [-0.4, -0.2) is 48.5 Å². The molecule has 1 saturated heterocycles. The van der Waals surface area contributed by atoms with Crippen molar-refractivity contribution in [2.75, 3.05) is 26.4 Å². The van der Waals surface area contributed by atoms with Crippen molar-refractivity contribution in [2.24, 2.45) is 0 Å². The Kier molecular flexibility index (Phi) is 4.05. The lowest BCUT2D eigenvalue weighted by atomic mass is 10.2. The summed E-state index contributed by atoms with van der Waals surface area (Å²) in [5.74, 6) is -0.176. The summed E-state index contributed by atoms with van der Waals surface area (Å²) >= 11 is 0. The van der Waals surface area contributed by atoms with Crippen molar-refractivity contribution in [3.05, 3.63) is 11.7 Å². The lowest BCUT2D eigenvalue weighted by Crippen LogP contribution is -2.42. The van der Waals surface area contributed by atoms with Gasteiger partial charge in [0, 0.05) is 19.0 Å². The van der Waals surface area contributed by atoms with E-state index in [0.29, 0.717) is 32.1 Å². The van der Waals surface area contributed by atoms with E-state index in [1.807, 2.05) is 0 Å². The van der Waals surface area contributed by atoms with Crippen LogP contribution in [0.25, 0.3) is 0 Å². The van der Waals surface area contributed by atoms with Crippen molar-refractivity contribution in [3.63, 3.8) is 0 Å². The third-order valence-corrected chi connectivity index (χ3v) is 2.35. The molecule has 0 radical (unpaired) electrons. The number of rotatable bonds is 4. The van der Waals surface area contributed by atoms with Crippen LogP contribution in [0.5, 0.6) is 0 Å². The molecule has 0 amide bonds. The highest BCUT2D eigenvalue weighted by Crippen LogP contribution is 2.05. The number of morpholine rings is 1. The number of carbonyl (C=O) groups excluding carboxylic acids is 1. The number of hydrogen-bond acceptors (Lipinski definition) is 7. The Hall–Kier alpha value is -1.47. The fourth-order valence-electron chi connectivity index (χ4n) is 1.58. The van der Waals surface area contributed by atoms with Crippen molar-refractivity contribution in [1.29, 1.82) is 0 Å². The number of hydrogen-bond donors (Lipinski definition) is 1. The Morgan fingerprint density at radius 1 is 1.65 bits per heavy atom. The van der Waals surface area contributed by atoms with Crippen molar-refractivity contribution in [1.82, 2.24) is 15.5 Å². The standard InChI is InChI=1S/C10H15N3O4/c1-2-16-10(14)9-12-8(17-13-9)5-7-6-15-4-3-11-7/h7,11H,2-6H2,1H3. The van der Waals surface area contributed by atoms with Crippen molar-refractivity contribution >= 4 is 5.97 Å². The van der Waals surface area contributed by atoms with E-state index in [-0.39, 0.29) is 11.9 Å². The van der Waals surface area contributed by atoms with Gasteiger partial charge in [0.2, 0.25) is 5.89 Å². The van der Waals surface area contributed by atoms with Gasteiger partial charge in [-0.25, -0.2) is 4.79 Å². The molecule has 1 unspecified atom stereocenters. The summed E-state index contributed by atoms with van der Waals surface area (Å²) < 4.78 is 15.0. The summed E-state index contributed by atoms with van der Waals surface area (Å²) in [4.78, 5) is 15.3. The molecule has 94 valence electrons. The summed E-state index contributed by atoms with van der Waals surface area (Å²) in [5, 5.41) is 6.83. The largest absolute Gasteiger partial charge is 0.460 e. The molecule has 1 aromatic heterocycles. The van der Waals surface area contributed by atoms with Gasteiger partial charge in [0.25, 0.3) is 5.82 Å². The first kappa shape index (κ1) is 12.0. The van der Waals surface area contributed by atoms with Gasteiger partial charge in [0.15, 0.2) is 0 Å². The number of nitrogens with zero attached hydrogens (tertiary/aromatic N) is 2. The van der Waals surface area contributed by atoms with Gasteiger partial charge >= 0.3 is 5.97 Å². The third kappa shape index (κ3) is 3.24. The fourth-order valence-corrected chi connectivity index (χ4v) is 1.58. The minimum atomic E-state index is -0.560. The summed E-state index contributed by atoms with van der Waals surface area (Å²) in [5.41, 5.74) is 0. The van der Waals surface area contributed by atoms with Gasteiger partial charge in [0.05, 0.1) is 19.8 Å². The fraction of sp³-hybridized carbons (Fsp3) is 0.700. The van der Waals surface area contributed by atoms with Gasteiger partial charge in [-0.2, -0.15) is 4.98 Å². The Balaban J connectivity index is 1.91. The minimum absolute atomic E-state index is 0.0291. The summed E-state index contributed by atoms with van der Waals surface area (Å²) in [6.45, 7) is 4.15. The number of esters is 1. The van der Waals surface area contributed by atoms with Crippen LogP contribution in [0.1, 0.15) is 23.4 Å². The Labute approximate surface area is 98.5 Å². The molecule has 0 aliphatic carbocycles. The molecule has 1 N–H and O–H groups in total. The maximum absolute atomic E-state index is 11.3. The normalized spacial score (nSPS) is 20.2. The molecule has 0 spiro atoms. The third-order valence-electron chi connectivity index (χ3n) is 2.35. The van der Waals surface area contributed by atoms with E-state index in [0.717, 1.165) is 6.54 Å². The average Bonchev–Trinajstić information content (AvgIpc) is 2.79. The molecule has 0 aromatic carbocycles. The second kappa shape index (κ2) is 5.74. The van der Waals surface area contributed by atoms with Crippen molar-refractivity contribution in [2.45, 2.75) is 19.4 Å². The van der Waals surface area contributed by atoms with Crippen LogP contribution in [0.4, 0.5) is 0 Å². The molecule has 7 heteroatoms. The summed E-state index contributed by atoms with van der Waals surface area (Å²) in [7, 11) is 0. The number of carbonyl (C=O) groups is 1. The van der Waals surface area contributed by atoms with E-state index in [2.05, 4.69) is 15.5 Å². The van der Waals surface area contributed by atoms with Crippen LogP contribution in [0, 0.1) is 0 Å². The minimum Gasteiger partial charge on any atom is -0.460 e. The SMILES string of the molecule is CCOC(=O)c1noc(CC2COCCN2)n1. The molecule has 17 heavy (non-hydrogen) atoms. The van der Waals surface area contributed by atoms with E-state index in [9.17, 15) is 4.79 Å². The molecule has 0 saturated carbocycles. The quantitative estimate of drug-likeness (QED) is 0.729. The highest BCUT2D eigenvalue weighted by atomic mass is 16.5. The summed E-state index contributed by atoms with van der Waals surface area (Å²) in [6, 6.07) is 0.152. The monoisotopic (exact) mass is 241 g/mol. The van der Waals surface area contributed by atoms with Crippen LogP contribution in [0.15, 0.2) is 4.52 Å². The van der Waals surface area contributed by atoms with Crippen LogP contribution < -0.4 is 5.32 Å². The van der Waals surface area contributed by atoms with E-state index in [1.54, 1.807) is 6.92 Å². The molecule has 1 atom stereocenters. The van der Waals surface area contributed by atoms with Gasteiger partial charge in [-0.15, -0.1) is 0 Å². The van der Waals surface area contributed by atoms with Gasteiger partial charge in [-0.1, -0.05) is 0 Å². The van der Waals surface area contributed by atoms with Crippen molar-refractivity contribution in [3.8, 4) is 0 Å². The van der Waals surface area contributed by atoms with Gasteiger partial charge in [0.1, 0.15) is 0 Å². The molecule has 1 aromatic rings. The first-order valence-electron chi connectivity index (χ1n) is 5.60. The summed E-state index contributed by atoms with van der Waals surface area (Å²) in [6.07, 6.45) is 0.548. The second-order valence-corrected chi connectivity index (χ2v) is 3.66. The van der Waals surface area contributed by atoms with E-state index < -0.39 is 5.97 Å². The highest BCUT2D eigenvalue weighted by Gasteiger charge is 2.20. The molecule has 0 bridgehead atoms. The first-order valence-corrected chi connectivity index (χ1v) is 5.60. The van der Waals surface area contributed by atoms with Crippen LogP contribution in [0.2, 0.25) is 0 Å². The maximum Gasteiger partial charge on any atom is 0.379 e. The second-order valence-electron chi connectivity index (χ2n) is 3.66. The predicted molar refractivity (Wildman–Crippen MR) is 56.6 cm³/mol. The topological polar surface area (TPSA) is 86.5 Å². The Bertz CT molecular complexity index is 373. The lowest BCUT2D eigenvalue weighted by molar-refractivity contribution is 0.0508. The molecule has 1 fully saturated rings. The van der Waals surface area contributed by atoms with Crippen LogP contribution >= 0.6 is 0 Å². The first-order chi connectivity index (χ1) is 8.29. The number of nitrogens with one attached hydrogen (secondary N) is 1. The maximum atomic E-state index is 11.3. The van der Waals surface area contributed by atoms with Gasteiger partial charge in [-0.3, -0.25) is 0 Å². The number of ether oxygens (including phenoxy) is 2. The zero-order chi connectivity index (χ0) is 12.1. The lowest BCUT2D eigenvalue weighted by Gasteiger charge is -2.22. The van der Waals surface area contributed by atoms with Crippen LogP contribution in [-0.2, 0) is 15.9 Å². The highest BCUT2D eigenvalue weighted by molar-refractivity contribution is 5.84. The molecule has 1 aliphatic heterocycles. The molecule has 2 rings (SSSR count). The molecule has 7 nitrogen and oxygen atoms in total. The smallest absolute Gasteiger partial charge is 0.379 e. The molecule has 2 heterocycles. The molecule has 1 aliphatic rings. The Morgan fingerprint density at radius 3 is 3.24 bits per heavy atom. The zero-order valence-corrected chi connectivity index (χ0v) is 9.64. The number of aromatic nitrogens is 2. The molecular weight excluding hydrogens is 226 g/mol. The van der Waals surface area contributed by atoms with Crippen molar-refractivity contribution < 1.29 is 18.8 Å². The average molecular weight is 241 g/mol. The predicted octanol–water partition coefficient (Wildman–Crippen LogP) is -0.223. The Morgan fingerprint density at radius 2 is 2.53 bits per heavy atom. The zero-order valence-electron chi connectivity index (χ0n) is 9.64. The van der Waals surface area contributed by atoms with E-state index in [4.69, 9.17) is 14.0 Å². The molecular formula is C10H15N3O4. The van der Waals surface area contributed by atoms with Gasteiger partial charge in [-0.05, 0) is 12.1 Å². The van der Waals surface area contributed by atoms with E-state index >= 15 is 0 Å². The van der Waals surface area contributed by atoms with Gasteiger partial charge < -0.3 is 19.3 Å². The van der Waals surface area contributed by atoms with Crippen LogP contribution in [0.3, 0.4) is 0 Å². The van der Waals surface area contributed by atoms with E-state index in [1.165, 1.54) is 0 Å².